The molecule has 0 spiro atoms. The third kappa shape index (κ3) is 28.2. The minimum Gasteiger partial charge on any atom is -0.481 e. The van der Waals surface area contributed by atoms with Crippen molar-refractivity contribution in [2.45, 2.75) is 122 Å². The van der Waals surface area contributed by atoms with Gasteiger partial charge in [0.05, 0.1) is 0 Å². The van der Waals surface area contributed by atoms with Gasteiger partial charge in [-0.2, -0.15) is 0 Å². The Morgan fingerprint density at radius 3 is 1.06 bits per heavy atom. The van der Waals surface area contributed by atoms with Gasteiger partial charge in [-0.3, -0.25) is 9.59 Å². The predicted molar refractivity (Wildman–Crippen MR) is 130 cm³/mol. The highest BCUT2D eigenvalue weighted by Gasteiger charge is 1.97. The molecule has 0 amide bonds. The topological polar surface area (TPSA) is 74.6 Å². The van der Waals surface area contributed by atoms with Crippen LogP contribution in [0.1, 0.15) is 122 Å². The number of hydrogen-bond donors (Lipinski definition) is 2. The molecule has 0 heterocycles. The van der Waals surface area contributed by atoms with E-state index >= 15 is 0 Å². The molecule has 178 valence electrons. The van der Waals surface area contributed by atoms with Crippen molar-refractivity contribution >= 4 is 11.9 Å². The van der Waals surface area contributed by atoms with Crippen LogP contribution in [0.4, 0.5) is 0 Å². The van der Waals surface area contributed by atoms with E-state index < -0.39 is 11.9 Å². The minimum absolute atomic E-state index is 0.311. The molecule has 0 aromatic heterocycles. The smallest absolute Gasteiger partial charge is 0.303 e. The van der Waals surface area contributed by atoms with Crippen LogP contribution in [0.2, 0.25) is 0 Å². The van der Waals surface area contributed by atoms with Crippen LogP contribution in [0.25, 0.3) is 0 Å². The van der Waals surface area contributed by atoms with E-state index in [0.717, 1.165) is 57.8 Å². The lowest BCUT2D eigenvalue weighted by Gasteiger charge is -2.00. The van der Waals surface area contributed by atoms with Gasteiger partial charge in [-0.25, -0.2) is 0 Å². The van der Waals surface area contributed by atoms with E-state index in [1.165, 1.54) is 51.4 Å². The number of rotatable bonds is 23. The summed E-state index contributed by atoms with van der Waals surface area (Å²) in [5.41, 5.74) is 0. The zero-order valence-corrected chi connectivity index (χ0v) is 19.6. The molecule has 2 N–H and O–H groups in total. The Labute approximate surface area is 190 Å². The molecule has 0 atom stereocenters. The number of carbonyl (C=O) groups is 2. The maximum Gasteiger partial charge on any atom is 0.303 e. The summed E-state index contributed by atoms with van der Waals surface area (Å²) >= 11 is 0. The second kappa shape index (κ2) is 24.4. The lowest BCUT2D eigenvalue weighted by Crippen LogP contribution is -1.93. The van der Waals surface area contributed by atoms with Crippen LogP contribution in [0.3, 0.4) is 0 Å². The molecule has 0 bridgehead atoms. The average Bonchev–Trinajstić information content (AvgIpc) is 2.73. The Bertz CT molecular complexity index is 505. The Balaban J connectivity index is 3.27. The number of allylic oxidation sites excluding steroid dienone is 6. The van der Waals surface area contributed by atoms with Crippen molar-refractivity contribution in [1.82, 2.24) is 0 Å². The number of hydrogen-bond acceptors (Lipinski definition) is 2. The van der Waals surface area contributed by atoms with E-state index in [2.05, 4.69) is 36.5 Å². The highest BCUT2D eigenvalue weighted by Crippen LogP contribution is 2.11. The lowest BCUT2D eigenvalue weighted by atomic mass is 10.1. The van der Waals surface area contributed by atoms with Crippen molar-refractivity contribution in [3.05, 3.63) is 36.5 Å². The largest absolute Gasteiger partial charge is 0.481 e. The first-order chi connectivity index (χ1) is 15.1. The van der Waals surface area contributed by atoms with Gasteiger partial charge in [0.2, 0.25) is 0 Å². The number of aliphatic carboxylic acids is 2. The van der Waals surface area contributed by atoms with E-state index in [0.29, 0.717) is 12.8 Å². The lowest BCUT2D eigenvalue weighted by molar-refractivity contribution is -0.138. The number of carboxylic acids is 2. The van der Waals surface area contributed by atoms with E-state index in [1.807, 2.05) is 0 Å². The molecule has 0 saturated heterocycles. The fourth-order valence-electron chi connectivity index (χ4n) is 3.45. The van der Waals surface area contributed by atoms with Gasteiger partial charge in [-0.1, -0.05) is 94.2 Å². The number of unbranched alkanes of at least 4 members (excludes halogenated alkanes) is 13. The molecule has 0 aromatic rings. The van der Waals surface area contributed by atoms with Crippen LogP contribution < -0.4 is 0 Å². The maximum absolute atomic E-state index is 10.4. The zero-order valence-electron chi connectivity index (χ0n) is 19.6. The molecule has 31 heavy (non-hydrogen) atoms. The molecular formula is C27H46O4. The highest BCUT2D eigenvalue weighted by molar-refractivity contribution is 5.66. The third-order valence-electron chi connectivity index (χ3n) is 5.32. The highest BCUT2D eigenvalue weighted by atomic mass is 16.4. The molecule has 0 rings (SSSR count). The summed E-state index contributed by atoms with van der Waals surface area (Å²) in [5, 5.41) is 17.2. The van der Waals surface area contributed by atoms with E-state index in [4.69, 9.17) is 10.2 Å². The van der Waals surface area contributed by atoms with Gasteiger partial charge in [-0.15, -0.1) is 0 Å². The minimum atomic E-state index is -0.679. The molecule has 0 aliphatic carbocycles. The fourth-order valence-corrected chi connectivity index (χ4v) is 3.45. The monoisotopic (exact) mass is 434 g/mol. The first-order valence-corrected chi connectivity index (χ1v) is 12.5. The summed E-state index contributed by atoms with van der Waals surface area (Å²) in [6.45, 7) is 0. The molecule has 4 nitrogen and oxygen atoms in total. The molecule has 0 radical (unpaired) electrons. The van der Waals surface area contributed by atoms with Crippen molar-refractivity contribution in [3.8, 4) is 0 Å². The fraction of sp³-hybridized carbons (Fsp3) is 0.704. The summed E-state index contributed by atoms with van der Waals surface area (Å²) in [6, 6.07) is 0. The standard InChI is InChI=1S/C27H46O4/c28-26(29)24-22-20-18-16-14-12-10-8-6-4-2-1-3-5-7-9-11-13-15-17-19-21-23-25-27(30)31/h1-2,5-8H,3-4,9-25H2,(H,28,29)(H,30,31). The Morgan fingerprint density at radius 2 is 0.710 bits per heavy atom. The van der Waals surface area contributed by atoms with Crippen molar-refractivity contribution in [1.29, 1.82) is 0 Å². The van der Waals surface area contributed by atoms with E-state index in [1.54, 1.807) is 0 Å². The van der Waals surface area contributed by atoms with Crippen LogP contribution in [0, 0.1) is 0 Å². The maximum atomic E-state index is 10.4. The third-order valence-corrected chi connectivity index (χ3v) is 5.32. The van der Waals surface area contributed by atoms with Crippen molar-refractivity contribution in [3.63, 3.8) is 0 Å². The SMILES string of the molecule is O=C(O)CCCCCCCCC=CCC=CCC=CCCCCCCCCCC(=O)O. The number of carboxylic acid groups (broad SMARTS) is 2. The molecule has 4 heteroatoms. The van der Waals surface area contributed by atoms with Crippen LogP contribution in [-0.2, 0) is 9.59 Å². The van der Waals surface area contributed by atoms with Crippen LogP contribution in [0.5, 0.6) is 0 Å². The Hall–Kier alpha value is -1.84. The first kappa shape index (κ1) is 29.2. The van der Waals surface area contributed by atoms with Crippen LogP contribution in [-0.4, -0.2) is 22.2 Å². The normalized spacial score (nSPS) is 11.9. The quantitative estimate of drug-likeness (QED) is 0.125. The summed E-state index contributed by atoms with van der Waals surface area (Å²) in [7, 11) is 0. The van der Waals surface area contributed by atoms with Gasteiger partial charge in [0.15, 0.2) is 0 Å². The van der Waals surface area contributed by atoms with Gasteiger partial charge >= 0.3 is 11.9 Å². The van der Waals surface area contributed by atoms with Gasteiger partial charge in [0.25, 0.3) is 0 Å². The second-order valence-corrected chi connectivity index (χ2v) is 8.35. The Kier molecular flexibility index (Phi) is 23.0. The molecule has 0 unspecified atom stereocenters. The molecule has 0 fully saturated rings. The van der Waals surface area contributed by atoms with Crippen LogP contribution >= 0.6 is 0 Å². The molecule has 0 aliphatic heterocycles. The molecular weight excluding hydrogens is 388 g/mol. The molecule has 0 aromatic carbocycles. The molecule has 0 saturated carbocycles. The average molecular weight is 435 g/mol. The van der Waals surface area contributed by atoms with Crippen molar-refractivity contribution in [2.24, 2.45) is 0 Å². The van der Waals surface area contributed by atoms with E-state index in [9.17, 15) is 9.59 Å². The van der Waals surface area contributed by atoms with Crippen molar-refractivity contribution in [2.75, 3.05) is 0 Å². The summed E-state index contributed by atoms with van der Waals surface area (Å²) in [5.74, 6) is -1.36. The van der Waals surface area contributed by atoms with Gasteiger partial charge < -0.3 is 10.2 Å². The van der Waals surface area contributed by atoms with Crippen molar-refractivity contribution < 1.29 is 19.8 Å². The first-order valence-electron chi connectivity index (χ1n) is 12.5. The van der Waals surface area contributed by atoms with Gasteiger partial charge in [0.1, 0.15) is 0 Å². The predicted octanol–water partition coefficient (Wildman–Crippen LogP) is 8.24. The van der Waals surface area contributed by atoms with Gasteiger partial charge in [-0.05, 0) is 51.4 Å². The summed E-state index contributed by atoms with van der Waals surface area (Å²) in [4.78, 5) is 20.8. The molecule has 0 aliphatic rings. The summed E-state index contributed by atoms with van der Waals surface area (Å²) < 4.78 is 0. The summed E-state index contributed by atoms with van der Waals surface area (Å²) in [6.07, 6.45) is 33.2. The Morgan fingerprint density at radius 1 is 0.419 bits per heavy atom. The second-order valence-electron chi connectivity index (χ2n) is 8.35. The van der Waals surface area contributed by atoms with Gasteiger partial charge in [0, 0.05) is 12.8 Å². The van der Waals surface area contributed by atoms with Crippen LogP contribution in [0.15, 0.2) is 36.5 Å². The zero-order chi connectivity index (χ0) is 22.8. The van der Waals surface area contributed by atoms with E-state index in [-0.39, 0.29) is 0 Å².